The van der Waals surface area contributed by atoms with Gasteiger partial charge in [-0.25, -0.2) is 0 Å². The van der Waals surface area contributed by atoms with E-state index >= 15 is 0 Å². The molecular formula is C9H18ClN2O2Rh. The van der Waals surface area contributed by atoms with E-state index in [0.29, 0.717) is 0 Å². The Bertz CT molecular complexity index is 198. The van der Waals surface area contributed by atoms with E-state index in [0.717, 1.165) is 39.4 Å². The molecule has 0 saturated carbocycles. The zero-order valence-electron chi connectivity index (χ0n) is 9.16. The molecule has 1 saturated heterocycles. The second-order valence-corrected chi connectivity index (χ2v) is 5.06. The molecule has 0 atom stereocenters. The van der Waals surface area contributed by atoms with Crippen LogP contribution in [-0.4, -0.2) is 67.8 Å². The number of rotatable bonds is 6. The molecule has 0 spiro atoms. The molecule has 0 aromatic rings. The molecule has 0 aromatic carbocycles. The molecule has 0 aromatic heterocycles. The van der Waals surface area contributed by atoms with Crippen molar-refractivity contribution < 1.29 is 25.2 Å². The van der Waals surface area contributed by atoms with Gasteiger partial charge in [-0.05, 0) is 0 Å². The molecule has 1 fully saturated rings. The third-order valence-electron chi connectivity index (χ3n) is 2.32. The molecule has 1 aliphatic rings. The van der Waals surface area contributed by atoms with E-state index < -0.39 is 0 Å². The van der Waals surface area contributed by atoms with Crippen molar-refractivity contribution in [2.75, 3.05) is 53.6 Å². The molecule has 4 nitrogen and oxygen atoms in total. The molecule has 1 aliphatic heterocycles. The first-order valence-corrected chi connectivity index (χ1v) is 7.83. The minimum atomic E-state index is -0.0387. The molecule has 0 unspecified atom stereocenters. The average Bonchev–Trinajstić information content (AvgIpc) is 2.65. The fourth-order valence-electron chi connectivity index (χ4n) is 1.50. The van der Waals surface area contributed by atoms with Gasteiger partial charge in [-0.3, -0.25) is 0 Å². The van der Waals surface area contributed by atoms with Gasteiger partial charge in [-0.2, -0.15) is 0 Å². The zero-order chi connectivity index (χ0) is 11.1. The van der Waals surface area contributed by atoms with Crippen molar-refractivity contribution in [2.45, 2.75) is 0 Å². The molecule has 1 rings (SSSR count). The Labute approximate surface area is 103 Å². The van der Waals surface area contributed by atoms with Gasteiger partial charge < -0.3 is 0 Å². The second-order valence-electron chi connectivity index (χ2n) is 3.27. The first-order chi connectivity index (χ1) is 7.33. The van der Waals surface area contributed by atoms with E-state index in [9.17, 15) is 0 Å². The molecule has 0 N–H and O–H groups in total. The zero-order valence-corrected chi connectivity index (χ0v) is 11.6. The maximum atomic E-state index is 6.02. The van der Waals surface area contributed by atoms with Crippen LogP contribution in [0.5, 0.6) is 0 Å². The molecule has 0 radical (unpaired) electrons. The summed E-state index contributed by atoms with van der Waals surface area (Å²) in [5.74, 6) is 0. The molecule has 0 aliphatic carbocycles. The Kier molecular flexibility index (Phi) is 7.14. The van der Waals surface area contributed by atoms with Gasteiger partial charge in [-0.1, -0.05) is 0 Å². The topological polar surface area (TPSA) is 24.9 Å². The number of hydrogen-bond acceptors (Lipinski definition) is 4. The summed E-state index contributed by atoms with van der Waals surface area (Å²) < 4.78 is 11.4. The van der Waals surface area contributed by atoms with Crippen LogP contribution in [0, 0.1) is 0 Å². The molecule has 6 heteroatoms. The van der Waals surface area contributed by atoms with Gasteiger partial charge in [0.2, 0.25) is 0 Å². The normalized spacial score (nSPS) is 19.3. The van der Waals surface area contributed by atoms with Crippen LogP contribution in [0.4, 0.5) is 0 Å². The van der Waals surface area contributed by atoms with Crippen LogP contribution in [-0.2, 0) is 25.2 Å². The Morgan fingerprint density at radius 3 is 1.93 bits per heavy atom. The van der Waals surface area contributed by atoms with Crippen molar-refractivity contribution in [3.8, 4) is 0 Å². The van der Waals surface area contributed by atoms with E-state index in [2.05, 4.69) is 9.80 Å². The van der Waals surface area contributed by atoms with Crippen LogP contribution in [0.1, 0.15) is 0 Å². The molecule has 0 amide bonds. The average molecular weight is 325 g/mol. The number of nitrogens with zero attached hydrogens (tertiary/aromatic N) is 2. The van der Waals surface area contributed by atoms with Gasteiger partial charge in [0.15, 0.2) is 0 Å². The van der Waals surface area contributed by atoms with Crippen LogP contribution >= 0.6 is 9.69 Å². The molecule has 0 bridgehead atoms. The van der Waals surface area contributed by atoms with Crippen LogP contribution in [0.2, 0.25) is 0 Å². The Hall–Kier alpha value is 0.623. The van der Waals surface area contributed by atoms with Crippen LogP contribution in [0.15, 0.2) is 0 Å². The third-order valence-corrected chi connectivity index (χ3v) is 4.30. The summed E-state index contributed by atoms with van der Waals surface area (Å²) in [4.78, 5) is 4.63. The minimum absolute atomic E-state index is 0.0387. The van der Waals surface area contributed by atoms with Crippen LogP contribution < -0.4 is 0 Å². The van der Waals surface area contributed by atoms with E-state index in [4.69, 9.17) is 19.2 Å². The van der Waals surface area contributed by atoms with Crippen LogP contribution in [0.25, 0.3) is 0 Å². The van der Waals surface area contributed by atoms with Gasteiger partial charge in [-0.15, -0.1) is 0 Å². The summed E-state index contributed by atoms with van der Waals surface area (Å²) >= 11 is -0.0387. The Morgan fingerprint density at radius 2 is 1.60 bits per heavy atom. The van der Waals surface area contributed by atoms with Crippen molar-refractivity contribution in [3.05, 3.63) is 0 Å². The monoisotopic (exact) mass is 324 g/mol. The predicted molar refractivity (Wildman–Crippen MR) is 57.8 cm³/mol. The Balaban J connectivity index is 2.43. The quantitative estimate of drug-likeness (QED) is 0.653. The van der Waals surface area contributed by atoms with Crippen molar-refractivity contribution in [3.63, 3.8) is 0 Å². The number of ether oxygens (including phenoxy) is 2. The van der Waals surface area contributed by atoms with Crippen molar-refractivity contribution in [2.24, 2.45) is 0 Å². The van der Waals surface area contributed by atoms with Gasteiger partial charge >= 0.3 is 103 Å². The van der Waals surface area contributed by atoms with E-state index in [-0.39, 0.29) is 15.7 Å². The fourth-order valence-corrected chi connectivity index (χ4v) is 3.56. The van der Waals surface area contributed by atoms with Gasteiger partial charge in [0.05, 0.1) is 0 Å². The predicted octanol–water partition coefficient (Wildman–Crippen LogP) is 0.221. The fraction of sp³-hybridized carbons (Fsp3) is 0.889. The number of hydrogen-bond donors (Lipinski definition) is 0. The molecule has 15 heavy (non-hydrogen) atoms. The van der Waals surface area contributed by atoms with Crippen molar-refractivity contribution in [1.82, 2.24) is 9.80 Å². The summed E-state index contributed by atoms with van der Waals surface area (Å²) in [5.41, 5.74) is 0. The summed E-state index contributed by atoms with van der Waals surface area (Å²) in [7, 11) is 9.48. The standard InChI is InChI=1S/C9H18N2O2.ClH.Rh/c1-12-7-5-10-3-4-11(9-10)6-8-13-2;;/h3-8H2,1-2H3;1H;/q;;+1/p-1. The summed E-state index contributed by atoms with van der Waals surface area (Å²) in [5, 5.41) is 0. The Morgan fingerprint density at radius 1 is 1.13 bits per heavy atom. The number of methoxy groups -OCH3 is 2. The molecule has 1 heterocycles. The van der Waals surface area contributed by atoms with Crippen LogP contribution in [0.3, 0.4) is 0 Å². The van der Waals surface area contributed by atoms with Gasteiger partial charge in [0, 0.05) is 0 Å². The third kappa shape index (κ3) is 4.18. The summed E-state index contributed by atoms with van der Waals surface area (Å²) in [6, 6.07) is 0. The second kappa shape index (κ2) is 7.83. The van der Waals surface area contributed by atoms with Crippen molar-refractivity contribution >= 4 is 14.0 Å². The first kappa shape index (κ1) is 13.7. The summed E-state index contributed by atoms with van der Waals surface area (Å²) in [6.45, 7) is 5.50. The number of halogens is 1. The van der Waals surface area contributed by atoms with E-state index in [1.807, 2.05) is 0 Å². The molecular weight excluding hydrogens is 306 g/mol. The first-order valence-electron chi connectivity index (χ1n) is 4.90. The SMILES string of the molecule is COCCN1CCN(CCOC)[C]1=[Rh][Cl]. The van der Waals surface area contributed by atoms with E-state index in [1.54, 1.807) is 14.2 Å². The van der Waals surface area contributed by atoms with Gasteiger partial charge in [0.25, 0.3) is 0 Å². The van der Waals surface area contributed by atoms with Crippen molar-refractivity contribution in [1.29, 1.82) is 0 Å². The molecule has 92 valence electrons. The van der Waals surface area contributed by atoms with Gasteiger partial charge in [0.1, 0.15) is 0 Å². The van der Waals surface area contributed by atoms with E-state index in [1.165, 1.54) is 4.35 Å². The maximum absolute atomic E-state index is 6.02. The summed E-state index contributed by atoms with van der Waals surface area (Å²) in [6.07, 6.45) is 0.